The fourth-order valence-electron chi connectivity index (χ4n) is 2.39. The van der Waals surface area contributed by atoms with Gasteiger partial charge >= 0.3 is 0 Å². The molecule has 3 rings (SSSR count). The van der Waals surface area contributed by atoms with Crippen LogP contribution in [0.1, 0.15) is 12.7 Å². The van der Waals surface area contributed by atoms with Crippen molar-refractivity contribution >= 4 is 5.82 Å². The zero-order chi connectivity index (χ0) is 13.1. The summed E-state index contributed by atoms with van der Waals surface area (Å²) in [5.41, 5.74) is 0. The molecule has 0 unspecified atom stereocenters. The van der Waals surface area contributed by atoms with Crippen LogP contribution in [0.5, 0.6) is 0 Å². The molecule has 0 bridgehead atoms. The van der Waals surface area contributed by atoms with Gasteiger partial charge in [0.05, 0.1) is 12.7 Å². The summed E-state index contributed by atoms with van der Waals surface area (Å²) in [7, 11) is 0. The van der Waals surface area contributed by atoms with Crippen LogP contribution >= 0.6 is 0 Å². The Morgan fingerprint density at radius 2 is 2.47 bits per heavy atom. The summed E-state index contributed by atoms with van der Waals surface area (Å²) >= 11 is 0. The van der Waals surface area contributed by atoms with Crippen molar-refractivity contribution in [2.45, 2.75) is 26.6 Å². The van der Waals surface area contributed by atoms with Crippen molar-refractivity contribution < 1.29 is 0 Å². The van der Waals surface area contributed by atoms with Crippen LogP contribution in [0.2, 0.25) is 0 Å². The molecule has 1 atom stereocenters. The number of rotatable bonds is 5. The molecule has 0 aliphatic carbocycles. The Bertz CT molecular complexity index is 530. The molecule has 0 spiro atoms. The minimum absolute atomic E-state index is 0.547. The SMILES string of the molecule is CCn1cnnc1CNC[C@H]1CNc2ccnn2C1. The maximum Gasteiger partial charge on any atom is 0.146 e. The van der Waals surface area contributed by atoms with Crippen molar-refractivity contribution in [3.05, 3.63) is 24.4 Å². The summed E-state index contributed by atoms with van der Waals surface area (Å²) in [5, 5.41) is 19.2. The van der Waals surface area contributed by atoms with E-state index in [0.717, 1.165) is 44.4 Å². The quantitative estimate of drug-likeness (QED) is 0.811. The predicted octanol–water partition coefficient (Wildman–Crippen LogP) is 0.326. The minimum atomic E-state index is 0.547. The van der Waals surface area contributed by atoms with E-state index in [9.17, 15) is 0 Å². The topological polar surface area (TPSA) is 72.6 Å². The van der Waals surface area contributed by atoms with Gasteiger partial charge < -0.3 is 15.2 Å². The highest BCUT2D eigenvalue weighted by Gasteiger charge is 2.17. The Morgan fingerprint density at radius 3 is 3.37 bits per heavy atom. The lowest BCUT2D eigenvalue weighted by atomic mass is 10.1. The standard InChI is InChI=1S/C12H19N7/c1-2-18-9-15-17-12(18)7-13-5-10-6-14-11-3-4-16-19(11)8-10/h3-4,9-10,13-14H,2,5-8H2,1H3/t10-/m0/s1. The van der Waals surface area contributed by atoms with E-state index >= 15 is 0 Å². The first-order valence-electron chi connectivity index (χ1n) is 6.70. The Labute approximate surface area is 112 Å². The molecule has 7 nitrogen and oxygen atoms in total. The van der Waals surface area contributed by atoms with E-state index in [-0.39, 0.29) is 0 Å². The van der Waals surface area contributed by atoms with Gasteiger partial charge in [-0.2, -0.15) is 5.10 Å². The average molecular weight is 261 g/mol. The van der Waals surface area contributed by atoms with Gasteiger partial charge in [-0.05, 0) is 6.92 Å². The van der Waals surface area contributed by atoms with E-state index in [2.05, 4.69) is 37.4 Å². The van der Waals surface area contributed by atoms with E-state index in [1.807, 2.05) is 16.9 Å². The van der Waals surface area contributed by atoms with Gasteiger partial charge in [-0.15, -0.1) is 10.2 Å². The third-order valence-electron chi connectivity index (χ3n) is 3.47. The Kier molecular flexibility index (Phi) is 3.45. The molecule has 2 N–H and O–H groups in total. The lowest BCUT2D eigenvalue weighted by Gasteiger charge is -2.25. The first-order valence-corrected chi connectivity index (χ1v) is 6.70. The van der Waals surface area contributed by atoms with Crippen LogP contribution in [0.3, 0.4) is 0 Å². The number of hydrogen-bond donors (Lipinski definition) is 2. The van der Waals surface area contributed by atoms with Gasteiger partial charge in [-0.1, -0.05) is 0 Å². The number of hydrogen-bond acceptors (Lipinski definition) is 5. The lowest BCUT2D eigenvalue weighted by Crippen LogP contribution is -2.35. The molecule has 0 aromatic carbocycles. The van der Waals surface area contributed by atoms with Crippen LogP contribution in [0.15, 0.2) is 18.6 Å². The smallest absolute Gasteiger partial charge is 0.146 e. The maximum atomic E-state index is 4.29. The monoisotopic (exact) mass is 261 g/mol. The molecule has 1 aliphatic heterocycles. The van der Waals surface area contributed by atoms with Crippen molar-refractivity contribution in [2.24, 2.45) is 5.92 Å². The third kappa shape index (κ3) is 2.60. The summed E-state index contributed by atoms with van der Waals surface area (Å²) in [6.45, 7) is 6.66. The summed E-state index contributed by atoms with van der Waals surface area (Å²) in [6.07, 6.45) is 3.61. The number of aromatic nitrogens is 5. The zero-order valence-corrected chi connectivity index (χ0v) is 11.1. The van der Waals surface area contributed by atoms with Crippen LogP contribution in [-0.2, 0) is 19.6 Å². The number of aryl methyl sites for hydroxylation is 1. The van der Waals surface area contributed by atoms with Crippen LogP contribution in [0.4, 0.5) is 5.82 Å². The molecule has 2 aromatic heterocycles. The van der Waals surface area contributed by atoms with Gasteiger partial charge in [0.25, 0.3) is 0 Å². The molecule has 3 heterocycles. The van der Waals surface area contributed by atoms with Gasteiger partial charge in [0, 0.05) is 38.2 Å². The molecule has 0 amide bonds. The van der Waals surface area contributed by atoms with Gasteiger partial charge in [0.1, 0.15) is 18.0 Å². The first-order chi connectivity index (χ1) is 9.36. The second-order valence-corrected chi connectivity index (χ2v) is 4.81. The maximum absolute atomic E-state index is 4.29. The summed E-state index contributed by atoms with van der Waals surface area (Å²) in [6, 6.07) is 2.01. The molecule has 7 heteroatoms. The second-order valence-electron chi connectivity index (χ2n) is 4.81. The summed E-state index contributed by atoms with van der Waals surface area (Å²) in [5.74, 6) is 2.65. The molecule has 19 heavy (non-hydrogen) atoms. The zero-order valence-electron chi connectivity index (χ0n) is 11.1. The van der Waals surface area contributed by atoms with E-state index in [1.165, 1.54) is 0 Å². The van der Waals surface area contributed by atoms with Crippen molar-refractivity contribution in [3.8, 4) is 0 Å². The number of nitrogens with one attached hydrogen (secondary N) is 2. The van der Waals surface area contributed by atoms with Crippen molar-refractivity contribution in [2.75, 3.05) is 18.4 Å². The van der Waals surface area contributed by atoms with Crippen LogP contribution in [0, 0.1) is 5.92 Å². The fraction of sp³-hybridized carbons (Fsp3) is 0.583. The van der Waals surface area contributed by atoms with E-state index in [1.54, 1.807) is 6.33 Å². The minimum Gasteiger partial charge on any atom is -0.370 e. The number of fused-ring (bicyclic) bond motifs is 1. The molecule has 0 saturated carbocycles. The van der Waals surface area contributed by atoms with Gasteiger partial charge in [-0.3, -0.25) is 0 Å². The average Bonchev–Trinajstić information content (AvgIpc) is 3.06. The molecule has 1 aliphatic rings. The normalized spacial score (nSPS) is 18.1. The highest BCUT2D eigenvalue weighted by atomic mass is 15.3. The first kappa shape index (κ1) is 12.2. The van der Waals surface area contributed by atoms with Crippen LogP contribution < -0.4 is 10.6 Å². The molecular formula is C12H19N7. The van der Waals surface area contributed by atoms with Crippen molar-refractivity contribution in [1.29, 1.82) is 0 Å². The van der Waals surface area contributed by atoms with Crippen LogP contribution in [0.25, 0.3) is 0 Å². The van der Waals surface area contributed by atoms with E-state index in [4.69, 9.17) is 0 Å². The van der Waals surface area contributed by atoms with E-state index in [0.29, 0.717) is 5.92 Å². The Hall–Kier alpha value is -1.89. The van der Waals surface area contributed by atoms with Crippen molar-refractivity contribution in [3.63, 3.8) is 0 Å². The predicted molar refractivity (Wildman–Crippen MR) is 71.6 cm³/mol. The van der Waals surface area contributed by atoms with Crippen LogP contribution in [-0.4, -0.2) is 37.6 Å². The largest absolute Gasteiger partial charge is 0.370 e. The molecule has 0 fully saturated rings. The highest BCUT2D eigenvalue weighted by Crippen LogP contribution is 2.15. The molecule has 102 valence electrons. The molecule has 2 aromatic rings. The van der Waals surface area contributed by atoms with E-state index < -0.39 is 0 Å². The van der Waals surface area contributed by atoms with Gasteiger partial charge in [0.15, 0.2) is 0 Å². The summed E-state index contributed by atoms with van der Waals surface area (Å²) < 4.78 is 4.07. The molecule has 0 radical (unpaired) electrons. The van der Waals surface area contributed by atoms with Crippen molar-refractivity contribution in [1.82, 2.24) is 29.9 Å². The molecule has 0 saturated heterocycles. The number of nitrogens with zero attached hydrogens (tertiary/aromatic N) is 5. The second kappa shape index (κ2) is 5.40. The Balaban J connectivity index is 1.49. The molecular weight excluding hydrogens is 242 g/mol. The lowest BCUT2D eigenvalue weighted by molar-refractivity contribution is 0.388. The van der Waals surface area contributed by atoms with Gasteiger partial charge in [-0.25, -0.2) is 4.68 Å². The van der Waals surface area contributed by atoms with Gasteiger partial charge in [0.2, 0.25) is 0 Å². The highest BCUT2D eigenvalue weighted by molar-refractivity contribution is 5.35. The number of anilines is 1. The summed E-state index contributed by atoms with van der Waals surface area (Å²) in [4.78, 5) is 0. The fourth-order valence-corrected chi connectivity index (χ4v) is 2.39. The third-order valence-corrected chi connectivity index (χ3v) is 3.47. The Morgan fingerprint density at radius 1 is 1.53 bits per heavy atom.